The van der Waals surface area contributed by atoms with Crippen molar-refractivity contribution in [3.05, 3.63) is 53.2 Å². The number of nitrogens with zero attached hydrogens (tertiary/aromatic N) is 3. The number of nitrogens with one attached hydrogen (secondary N) is 1. The Kier molecular flexibility index (Phi) is 6.83. The molecule has 1 saturated carbocycles. The largest absolute Gasteiger partial charge is 0.492 e. The van der Waals surface area contributed by atoms with Crippen LogP contribution in [0.4, 0.5) is 26.3 Å². The van der Waals surface area contributed by atoms with E-state index in [4.69, 9.17) is 4.74 Å². The van der Waals surface area contributed by atoms with Gasteiger partial charge >= 0.3 is 6.18 Å². The van der Waals surface area contributed by atoms with Gasteiger partial charge in [0.15, 0.2) is 0 Å². The zero-order chi connectivity index (χ0) is 28.3. The molecule has 0 radical (unpaired) electrons. The molecule has 39 heavy (non-hydrogen) atoms. The number of aromatic nitrogens is 3. The Labute approximate surface area is 219 Å². The molecule has 13 heteroatoms. The molecule has 1 saturated heterocycles. The highest BCUT2D eigenvalue weighted by Gasteiger charge is 2.44. The SMILES string of the molecule is CC1CC(O)(c2ccc(C(F)F)nc2)CC(COc2cc(C(F)(F)F)c3c(c2)c(F)nn3C2CC(C)(O)C2)N1. The molecule has 3 heterocycles. The van der Waals surface area contributed by atoms with Crippen LogP contribution in [-0.4, -0.2) is 49.3 Å². The van der Waals surface area contributed by atoms with E-state index < -0.39 is 58.6 Å². The highest BCUT2D eigenvalue weighted by molar-refractivity contribution is 5.85. The topological polar surface area (TPSA) is 92.4 Å². The Bertz CT molecular complexity index is 1350. The van der Waals surface area contributed by atoms with Crippen molar-refractivity contribution in [2.75, 3.05) is 6.61 Å². The Balaban J connectivity index is 1.38. The summed E-state index contributed by atoms with van der Waals surface area (Å²) >= 11 is 0. The second-order valence-electron chi connectivity index (χ2n) is 10.9. The molecule has 3 atom stereocenters. The molecule has 3 unspecified atom stereocenters. The first-order valence-electron chi connectivity index (χ1n) is 12.5. The molecular formula is C26H28F6N4O3. The van der Waals surface area contributed by atoms with Crippen LogP contribution in [0.2, 0.25) is 0 Å². The highest BCUT2D eigenvalue weighted by Crippen LogP contribution is 2.45. The quantitative estimate of drug-likeness (QED) is 0.368. The first kappa shape index (κ1) is 27.7. The summed E-state index contributed by atoms with van der Waals surface area (Å²) in [5.41, 5.74) is -4.07. The molecule has 3 aromatic rings. The monoisotopic (exact) mass is 558 g/mol. The van der Waals surface area contributed by atoms with Crippen molar-refractivity contribution in [3.63, 3.8) is 0 Å². The number of piperidine rings is 1. The Hall–Kier alpha value is -2.90. The Morgan fingerprint density at radius 1 is 1.15 bits per heavy atom. The van der Waals surface area contributed by atoms with Gasteiger partial charge in [-0.1, -0.05) is 6.07 Å². The summed E-state index contributed by atoms with van der Waals surface area (Å²) < 4.78 is 89.4. The van der Waals surface area contributed by atoms with Gasteiger partial charge in [-0.25, -0.2) is 8.78 Å². The average Bonchev–Trinajstić information content (AvgIpc) is 3.15. The lowest BCUT2D eigenvalue weighted by molar-refractivity contribution is -0.136. The molecule has 7 nitrogen and oxygen atoms in total. The van der Waals surface area contributed by atoms with Crippen molar-refractivity contribution >= 4 is 10.9 Å². The van der Waals surface area contributed by atoms with E-state index in [0.29, 0.717) is 5.56 Å². The van der Waals surface area contributed by atoms with E-state index in [1.165, 1.54) is 12.3 Å². The van der Waals surface area contributed by atoms with Crippen LogP contribution >= 0.6 is 0 Å². The van der Waals surface area contributed by atoms with E-state index >= 15 is 0 Å². The molecule has 1 aliphatic carbocycles. The third kappa shape index (κ3) is 5.44. The van der Waals surface area contributed by atoms with E-state index in [1.54, 1.807) is 13.8 Å². The predicted octanol–water partition coefficient (Wildman–Crippen LogP) is 5.02. The molecular weight excluding hydrogens is 530 g/mol. The highest BCUT2D eigenvalue weighted by atomic mass is 19.4. The van der Waals surface area contributed by atoms with Crippen LogP contribution in [0.3, 0.4) is 0 Å². The molecule has 1 aliphatic heterocycles. The summed E-state index contributed by atoms with van der Waals surface area (Å²) in [5.74, 6) is -1.30. The molecule has 5 rings (SSSR count). The molecule has 212 valence electrons. The maximum absolute atomic E-state index is 14.8. The van der Waals surface area contributed by atoms with Crippen molar-refractivity contribution in [2.45, 2.75) is 81.5 Å². The van der Waals surface area contributed by atoms with E-state index in [-0.39, 0.29) is 49.5 Å². The number of fused-ring (bicyclic) bond motifs is 1. The van der Waals surface area contributed by atoms with Crippen molar-refractivity contribution in [3.8, 4) is 5.75 Å². The maximum Gasteiger partial charge on any atom is 0.418 e. The zero-order valence-corrected chi connectivity index (χ0v) is 21.1. The van der Waals surface area contributed by atoms with Crippen LogP contribution in [0.25, 0.3) is 10.9 Å². The molecule has 2 aliphatic rings. The van der Waals surface area contributed by atoms with Gasteiger partial charge in [0.05, 0.1) is 33.7 Å². The molecule has 2 fully saturated rings. The predicted molar refractivity (Wildman–Crippen MR) is 128 cm³/mol. The van der Waals surface area contributed by atoms with Crippen LogP contribution < -0.4 is 10.1 Å². The molecule has 0 spiro atoms. The third-order valence-electron chi connectivity index (χ3n) is 7.48. The minimum Gasteiger partial charge on any atom is -0.492 e. The average molecular weight is 559 g/mol. The standard InChI is InChI=1S/C26H28F6N4O3/c1-13-7-25(38,14-3-4-20(22(27)28)33-11-14)8-15(34-13)12-39-17-5-18-21(19(6-17)26(30,31)32)36(35-23(18)29)16-9-24(2,37)10-16/h3-6,11,13,15-16,22,34,37-38H,7-10,12H2,1-2H3. The van der Waals surface area contributed by atoms with Crippen molar-refractivity contribution < 1.29 is 41.3 Å². The number of pyridine rings is 1. The second kappa shape index (κ2) is 9.63. The summed E-state index contributed by atoms with van der Waals surface area (Å²) in [7, 11) is 0. The summed E-state index contributed by atoms with van der Waals surface area (Å²) in [6.45, 7) is 3.20. The van der Waals surface area contributed by atoms with Gasteiger partial charge in [0.1, 0.15) is 18.1 Å². The molecule has 0 bridgehead atoms. The number of ether oxygens (including phenoxy) is 1. The van der Waals surface area contributed by atoms with Gasteiger partial charge in [-0.05, 0) is 57.7 Å². The summed E-state index contributed by atoms with van der Waals surface area (Å²) in [4.78, 5) is 3.72. The fourth-order valence-electron chi connectivity index (χ4n) is 5.77. The number of alkyl halides is 5. The lowest BCUT2D eigenvalue weighted by Crippen LogP contribution is -2.53. The number of benzene rings is 1. The van der Waals surface area contributed by atoms with Gasteiger partial charge in [-0.15, -0.1) is 5.10 Å². The van der Waals surface area contributed by atoms with Crippen LogP contribution in [-0.2, 0) is 11.8 Å². The Morgan fingerprint density at radius 3 is 2.46 bits per heavy atom. The zero-order valence-electron chi connectivity index (χ0n) is 21.1. The number of rotatable bonds is 6. The molecule has 1 aromatic carbocycles. The van der Waals surface area contributed by atoms with Gasteiger partial charge in [0.25, 0.3) is 6.43 Å². The fourth-order valence-corrected chi connectivity index (χ4v) is 5.77. The number of hydrogen-bond acceptors (Lipinski definition) is 6. The van der Waals surface area contributed by atoms with Crippen molar-refractivity contribution in [2.24, 2.45) is 0 Å². The number of halogens is 6. The first-order chi connectivity index (χ1) is 18.1. The first-order valence-corrected chi connectivity index (χ1v) is 12.5. The van der Waals surface area contributed by atoms with E-state index in [0.717, 1.165) is 22.9 Å². The van der Waals surface area contributed by atoms with Gasteiger partial charge < -0.3 is 20.3 Å². The molecule has 2 aromatic heterocycles. The minimum atomic E-state index is -4.83. The summed E-state index contributed by atoms with van der Waals surface area (Å²) in [6.07, 6.45) is -5.76. The smallest absolute Gasteiger partial charge is 0.418 e. The normalized spacial score (nSPS) is 29.6. The lowest BCUT2D eigenvalue weighted by atomic mass is 9.77. The lowest BCUT2D eigenvalue weighted by Gasteiger charge is -2.41. The van der Waals surface area contributed by atoms with Crippen molar-refractivity contribution in [1.82, 2.24) is 20.1 Å². The van der Waals surface area contributed by atoms with Crippen LogP contribution in [0.1, 0.15) is 68.8 Å². The Morgan fingerprint density at radius 2 is 1.87 bits per heavy atom. The maximum atomic E-state index is 14.8. The third-order valence-corrected chi connectivity index (χ3v) is 7.48. The molecule has 0 amide bonds. The van der Waals surface area contributed by atoms with E-state index in [9.17, 15) is 36.6 Å². The van der Waals surface area contributed by atoms with Gasteiger partial charge in [-0.3, -0.25) is 9.67 Å². The summed E-state index contributed by atoms with van der Waals surface area (Å²) in [5, 5.41) is 27.9. The van der Waals surface area contributed by atoms with E-state index in [2.05, 4.69) is 15.4 Å². The number of aliphatic hydroxyl groups is 2. The van der Waals surface area contributed by atoms with E-state index in [1.807, 2.05) is 0 Å². The number of hydrogen-bond donors (Lipinski definition) is 3. The van der Waals surface area contributed by atoms with Crippen LogP contribution in [0.15, 0.2) is 30.5 Å². The van der Waals surface area contributed by atoms with Gasteiger partial charge in [-0.2, -0.15) is 17.6 Å². The second-order valence-corrected chi connectivity index (χ2v) is 10.9. The van der Waals surface area contributed by atoms with Gasteiger partial charge in [0, 0.05) is 23.8 Å². The fraction of sp³-hybridized carbons (Fsp3) is 0.538. The van der Waals surface area contributed by atoms with Crippen molar-refractivity contribution in [1.29, 1.82) is 0 Å². The van der Waals surface area contributed by atoms with Crippen LogP contribution in [0, 0.1) is 5.95 Å². The summed E-state index contributed by atoms with van der Waals surface area (Å²) in [6, 6.07) is 3.14. The molecule has 3 N–H and O–H groups in total. The van der Waals surface area contributed by atoms with Crippen LogP contribution in [0.5, 0.6) is 5.75 Å². The van der Waals surface area contributed by atoms with Gasteiger partial charge in [0.2, 0.25) is 5.95 Å². The minimum absolute atomic E-state index is 0.0787.